The van der Waals surface area contributed by atoms with E-state index in [4.69, 9.17) is 4.52 Å². The van der Waals surface area contributed by atoms with Crippen LogP contribution in [0, 0.1) is 0 Å². The molecule has 2 unspecified atom stereocenters. The van der Waals surface area contributed by atoms with Crippen molar-refractivity contribution in [2.75, 3.05) is 0 Å². The van der Waals surface area contributed by atoms with Crippen molar-refractivity contribution in [1.82, 2.24) is 20.8 Å². The molecule has 2 atom stereocenters. The molecule has 0 spiro atoms. The minimum absolute atomic E-state index is 0.0982. The molecule has 120 valence electrons. The standard InChI is InChI=1S/C17H20N4O2/c1-12(18-17(22)19-14-10-6-3-7-11-14)15-20-16(23-21-15)13-8-4-2-5-9-13/h2,4-6,8-10,12,14H,3,7,11H2,1H3,(H2,18,19,22). The van der Waals surface area contributed by atoms with Crippen molar-refractivity contribution in [3.63, 3.8) is 0 Å². The molecule has 0 fully saturated rings. The van der Waals surface area contributed by atoms with Crippen molar-refractivity contribution in [1.29, 1.82) is 0 Å². The van der Waals surface area contributed by atoms with Crippen LogP contribution in [0.4, 0.5) is 4.79 Å². The lowest BCUT2D eigenvalue weighted by molar-refractivity contribution is 0.234. The van der Waals surface area contributed by atoms with Crippen LogP contribution in [-0.2, 0) is 0 Å². The SMILES string of the molecule is CC(NC(=O)NC1C=CCCC1)c1noc(-c2ccccc2)n1. The lowest BCUT2D eigenvalue weighted by Gasteiger charge is -2.19. The Balaban J connectivity index is 1.59. The minimum Gasteiger partial charge on any atom is -0.334 e. The average Bonchev–Trinajstić information content (AvgIpc) is 3.06. The van der Waals surface area contributed by atoms with E-state index in [0.29, 0.717) is 11.7 Å². The van der Waals surface area contributed by atoms with Gasteiger partial charge in [-0.3, -0.25) is 0 Å². The van der Waals surface area contributed by atoms with E-state index >= 15 is 0 Å². The fourth-order valence-electron chi connectivity index (χ4n) is 2.51. The Kier molecular flexibility index (Phi) is 4.71. The first kappa shape index (κ1) is 15.3. The van der Waals surface area contributed by atoms with E-state index < -0.39 is 0 Å². The largest absolute Gasteiger partial charge is 0.334 e. The fraction of sp³-hybridized carbons (Fsp3) is 0.353. The highest BCUT2D eigenvalue weighted by atomic mass is 16.5. The molecule has 6 nitrogen and oxygen atoms in total. The molecule has 0 bridgehead atoms. The number of carbonyl (C=O) groups is 1. The summed E-state index contributed by atoms with van der Waals surface area (Å²) in [4.78, 5) is 16.4. The van der Waals surface area contributed by atoms with Crippen molar-refractivity contribution in [2.24, 2.45) is 0 Å². The average molecular weight is 312 g/mol. The Morgan fingerprint density at radius 1 is 1.35 bits per heavy atom. The summed E-state index contributed by atoms with van der Waals surface area (Å²) in [6.45, 7) is 1.83. The van der Waals surface area contributed by atoms with Crippen molar-refractivity contribution in [3.8, 4) is 11.5 Å². The van der Waals surface area contributed by atoms with E-state index in [2.05, 4.69) is 26.9 Å². The number of benzene rings is 1. The smallest absolute Gasteiger partial charge is 0.315 e. The number of hydrogen-bond acceptors (Lipinski definition) is 4. The fourth-order valence-corrected chi connectivity index (χ4v) is 2.51. The molecule has 1 aliphatic rings. The minimum atomic E-state index is -0.330. The summed E-state index contributed by atoms with van der Waals surface area (Å²) in [7, 11) is 0. The highest BCUT2D eigenvalue weighted by Crippen LogP contribution is 2.18. The van der Waals surface area contributed by atoms with Gasteiger partial charge in [0.05, 0.1) is 6.04 Å². The molecule has 3 rings (SSSR count). The van der Waals surface area contributed by atoms with E-state index in [1.807, 2.05) is 43.3 Å². The van der Waals surface area contributed by atoms with Crippen LogP contribution in [0.15, 0.2) is 47.0 Å². The Bertz CT molecular complexity index is 681. The van der Waals surface area contributed by atoms with Crippen molar-refractivity contribution >= 4 is 6.03 Å². The van der Waals surface area contributed by atoms with Gasteiger partial charge in [0.1, 0.15) is 0 Å². The lowest BCUT2D eigenvalue weighted by atomic mass is 10.0. The normalized spacial score (nSPS) is 18.4. The highest BCUT2D eigenvalue weighted by molar-refractivity contribution is 5.74. The predicted molar refractivity (Wildman–Crippen MR) is 86.6 cm³/mol. The number of hydrogen-bond donors (Lipinski definition) is 2. The van der Waals surface area contributed by atoms with Crippen LogP contribution in [0.1, 0.15) is 38.1 Å². The number of nitrogens with zero attached hydrogens (tertiary/aromatic N) is 2. The quantitative estimate of drug-likeness (QED) is 0.850. The summed E-state index contributed by atoms with van der Waals surface area (Å²) in [5.74, 6) is 0.906. The van der Waals surface area contributed by atoms with Crippen molar-refractivity contribution in [2.45, 2.75) is 38.3 Å². The summed E-state index contributed by atoms with van der Waals surface area (Å²) in [6.07, 6.45) is 7.29. The summed E-state index contributed by atoms with van der Waals surface area (Å²) >= 11 is 0. The van der Waals surface area contributed by atoms with Gasteiger partial charge in [-0.1, -0.05) is 35.5 Å². The van der Waals surface area contributed by atoms with E-state index in [9.17, 15) is 4.79 Å². The molecule has 1 aromatic heterocycles. The monoisotopic (exact) mass is 312 g/mol. The van der Waals surface area contributed by atoms with Gasteiger partial charge < -0.3 is 15.2 Å². The number of aromatic nitrogens is 2. The first-order valence-corrected chi connectivity index (χ1v) is 7.85. The maximum atomic E-state index is 12.0. The summed E-state index contributed by atoms with van der Waals surface area (Å²) < 4.78 is 5.26. The number of rotatable bonds is 4. The van der Waals surface area contributed by atoms with Crippen molar-refractivity contribution in [3.05, 3.63) is 48.3 Å². The van der Waals surface area contributed by atoms with Crippen LogP contribution >= 0.6 is 0 Å². The second kappa shape index (κ2) is 7.09. The van der Waals surface area contributed by atoms with Crippen LogP contribution in [0.2, 0.25) is 0 Å². The van der Waals surface area contributed by atoms with Gasteiger partial charge in [0.2, 0.25) is 0 Å². The third kappa shape index (κ3) is 3.97. The molecule has 1 aliphatic carbocycles. The molecular weight excluding hydrogens is 292 g/mol. The van der Waals surface area contributed by atoms with E-state index in [1.54, 1.807) is 0 Å². The van der Waals surface area contributed by atoms with Gasteiger partial charge in [0.15, 0.2) is 5.82 Å². The Labute approximate surface area is 135 Å². The van der Waals surface area contributed by atoms with Gasteiger partial charge in [0.25, 0.3) is 5.89 Å². The predicted octanol–water partition coefficient (Wildman–Crippen LogP) is 3.21. The topological polar surface area (TPSA) is 80.0 Å². The van der Waals surface area contributed by atoms with E-state index in [0.717, 1.165) is 24.8 Å². The molecule has 0 saturated carbocycles. The van der Waals surface area contributed by atoms with E-state index in [-0.39, 0.29) is 18.1 Å². The van der Waals surface area contributed by atoms with Crippen LogP contribution in [0.3, 0.4) is 0 Å². The number of nitrogens with one attached hydrogen (secondary N) is 2. The zero-order valence-electron chi connectivity index (χ0n) is 13.0. The summed E-state index contributed by atoms with van der Waals surface area (Å²) in [6, 6.07) is 9.09. The van der Waals surface area contributed by atoms with Crippen LogP contribution in [0.5, 0.6) is 0 Å². The molecule has 23 heavy (non-hydrogen) atoms. The molecule has 2 aromatic rings. The van der Waals surface area contributed by atoms with Gasteiger partial charge in [0, 0.05) is 11.6 Å². The van der Waals surface area contributed by atoms with Gasteiger partial charge in [-0.25, -0.2) is 4.79 Å². The van der Waals surface area contributed by atoms with Gasteiger partial charge in [-0.2, -0.15) is 4.98 Å². The molecule has 1 heterocycles. The molecule has 0 aliphatic heterocycles. The Hall–Kier alpha value is -2.63. The first-order valence-electron chi connectivity index (χ1n) is 7.85. The highest BCUT2D eigenvalue weighted by Gasteiger charge is 2.18. The maximum absolute atomic E-state index is 12.0. The lowest BCUT2D eigenvalue weighted by Crippen LogP contribution is -2.42. The first-order chi connectivity index (χ1) is 11.2. The molecule has 0 radical (unpaired) electrons. The van der Waals surface area contributed by atoms with Gasteiger partial charge in [-0.15, -0.1) is 0 Å². The summed E-state index contributed by atoms with van der Waals surface area (Å²) in [5.41, 5.74) is 0.857. The number of allylic oxidation sites excluding steroid dienone is 1. The summed E-state index contributed by atoms with van der Waals surface area (Å²) in [5, 5.41) is 9.72. The Morgan fingerprint density at radius 2 is 2.17 bits per heavy atom. The molecular formula is C17H20N4O2. The van der Waals surface area contributed by atoms with Crippen molar-refractivity contribution < 1.29 is 9.32 Å². The Morgan fingerprint density at radius 3 is 2.91 bits per heavy atom. The van der Waals surface area contributed by atoms with Crippen LogP contribution < -0.4 is 10.6 Å². The van der Waals surface area contributed by atoms with Gasteiger partial charge in [-0.05, 0) is 38.3 Å². The van der Waals surface area contributed by atoms with Crippen LogP contribution in [0.25, 0.3) is 11.5 Å². The number of urea groups is 1. The number of carbonyl (C=O) groups excluding carboxylic acids is 1. The molecule has 2 amide bonds. The third-order valence-corrected chi connectivity index (χ3v) is 3.77. The second-order valence-corrected chi connectivity index (χ2v) is 5.63. The van der Waals surface area contributed by atoms with E-state index in [1.165, 1.54) is 0 Å². The molecule has 2 N–H and O–H groups in total. The zero-order valence-corrected chi connectivity index (χ0v) is 13.0. The molecule has 1 aromatic carbocycles. The zero-order chi connectivity index (χ0) is 16.1. The van der Waals surface area contributed by atoms with Gasteiger partial charge >= 0.3 is 6.03 Å². The maximum Gasteiger partial charge on any atom is 0.315 e. The molecule has 6 heteroatoms. The molecule has 0 saturated heterocycles. The third-order valence-electron chi connectivity index (χ3n) is 3.77. The van der Waals surface area contributed by atoms with Crippen LogP contribution in [-0.4, -0.2) is 22.2 Å². The number of amides is 2. The second-order valence-electron chi connectivity index (χ2n) is 5.63.